The van der Waals surface area contributed by atoms with Crippen LogP contribution in [0.1, 0.15) is 52.9 Å². The molecular formula is C14H27NO. The van der Waals surface area contributed by atoms with E-state index in [1.165, 1.54) is 12.8 Å². The van der Waals surface area contributed by atoms with Crippen molar-refractivity contribution in [1.29, 1.82) is 0 Å². The monoisotopic (exact) mass is 225 g/mol. The van der Waals surface area contributed by atoms with Crippen molar-refractivity contribution in [3.8, 4) is 0 Å². The van der Waals surface area contributed by atoms with E-state index in [4.69, 9.17) is 0 Å². The Morgan fingerprint density at radius 1 is 1.31 bits per heavy atom. The minimum Gasteiger partial charge on any atom is -0.303 e. The molecule has 2 atom stereocenters. The topological polar surface area (TPSA) is 20.3 Å². The van der Waals surface area contributed by atoms with Crippen molar-refractivity contribution in [1.82, 2.24) is 4.90 Å². The first-order valence-corrected chi connectivity index (χ1v) is 6.96. The minimum atomic E-state index is 0.324. The molecule has 0 heterocycles. The van der Waals surface area contributed by atoms with Gasteiger partial charge >= 0.3 is 0 Å². The first kappa shape index (κ1) is 13.7. The average molecular weight is 225 g/mol. The van der Waals surface area contributed by atoms with Gasteiger partial charge in [0.1, 0.15) is 5.78 Å². The van der Waals surface area contributed by atoms with Gasteiger partial charge < -0.3 is 4.90 Å². The van der Waals surface area contributed by atoms with Crippen LogP contribution >= 0.6 is 0 Å². The highest BCUT2D eigenvalue weighted by molar-refractivity contribution is 5.81. The van der Waals surface area contributed by atoms with Crippen LogP contribution in [-0.4, -0.2) is 30.3 Å². The van der Waals surface area contributed by atoms with Crippen LogP contribution in [0.25, 0.3) is 0 Å². The van der Waals surface area contributed by atoms with E-state index in [-0.39, 0.29) is 0 Å². The zero-order valence-corrected chi connectivity index (χ0v) is 11.2. The van der Waals surface area contributed by atoms with E-state index < -0.39 is 0 Å². The Balaban J connectivity index is 2.46. The van der Waals surface area contributed by atoms with Gasteiger partial charge in [-0.15, -0.1) is 0 Å². The number of ketones is 1. The quantitative estimate of drug-likeness (QED) is 0.692. The van der Waals surface area contributed by atoms with Crippen molar-refractivity contribution in [3.63, 3.8) is 0 Å². The van der Waals surface area contributed by atoms with Crippen molar-refractivity contribution in [2.24, 2.45) is 11.8 Å². The molecule has 0 N–H and O–H groups in total. The van der Waals surface area contributed by atoms with Crippen molar-refractivity contribution in [2.45, 2.75) is 52.9 Å². The molecule has 2 unspecified atom stereocenters. The first-order valence-electron chi connectivity index (χ1n) is 6.96. The maximum atomic E-state index is 11.9. The van der Waals surface area contributed by atoms with Crippen LogP contribution in [0.3, 0.4) is 0 Å². The summed E-state index contributed by atoms with van der Waals surface area (Å²) in [6.45, 7) is 9.87. The third kappa shape index (κ3) is 3.89. The number of carbonyl (C=O) groups is 1. The lowest BCUT2D eigenvalue weighted by Gasteiger charge is -2.31. The van der Waals surface area contributed by atoms with Crippen LogP contribution in [0.2, 0.25) is 0 Å². The fourth-order valence-electron chi connectivity index (χ4n) is 2.76. The van der Waals surface area contributed by atoms with E-state index in [9.17, 15) is 4.79 Å². The van der Waals surface area contributed by atoms with Crippen LogP contribution in [-0.2, 0) is 4.79 Å². The average Bonchev–Trinajstić information content (AvgIpc) is 2.31. The molecule has 16 heavy (non-hydrogen) atoms. The largest absolute Gasteiger partial charge is 0.303 e. The Kier molecular flexibility index (Phi) is 6.04. The summed E-state index contributed by atoms with van der Waals surface area (Å²) in [4.78, 5) is 14.3. The lowest BCUT2D eigenvalue weighted by molar-refractivity contribution is -0.126. The Morgan fingerprint density at radius 2 is 2.06 bits per heavy atom. The SMILES string of the molecule is CCCN(CC)CC1CC(CC)CCC1=O. The summed E-state index contributed by atoms with van der Waals surface area (Å²) in [7, 11) is 0. The molecule has 1 aliphatic carbocycles. The standard InChI is InChI=1S/C14H27NO/c1-4-9-15(6-3)11-13-10-12(5-2)7-8-14(13)16/h12-13H,4-11H2,1-3H3. The van der Waals surface area contributed by atoms with E-state index in [0.29, 0.717) is 11.7 Å². The molecule has 0 aromatic rings. The third-order valence-corrected chi connectivity index (χ3v) is 3.92. The van der Waals surface area contributed by atoms with Crippen molar-refractivity contribution >= 4 is 5.78 Å². The number of Topliss-reactive ketones (excluding diaryl/α,β-unsaturated/α-hetero) is 1. The van der Waals surface area contributed by atoms with Crippen LogP contribution in [0.5, 0.6) is 0 Å². The van der Waals surface area contributed by atoms with E-state index in [0.717, 1.165) is 44.8 Å². The van der Waals surface area contributed by atoms with E-state index in [2.05, 4.69) is 25.7 Å². The number of rotatable bonds is 6. The van der Waals surface area contributed by atoms with Gasteiger partial charge in [0.25, 0.3) is 0 Å². The highest BCUT2D eigenvalue weighted by Gasteiger charge is 2.28. The van der Waals surface area contributed by atoms with E-state index in [1.54, 1.807) is 0 Å². The molecule has 1 fully saturated rings. The molecule has 0 aliphatic heterocycles. The van der Waals surface area contributed by atoms with Gasteiger partial charge in [0.05, 0.1) is 0 Å². The van der Waals surface area contributed by atoms with Gasteiger partial charge in [0.2, 0.25) is 0 Å². The van der Waals surface area contributed by atoms with Crippen LogP contribution in [0.15, 0.2) is 0 Å². The smallest absolute Gasteiger partial charge is 0.137 e. The fourth-order valence-corrected chi connectivity index (χ4v) is 2.76. The summed E-state index contributed by atoms with van der Waals surface area (Å²) in [5, 5.41) is 0. The van der Waals surface area contributed by atoms with Gasteiger partial charge in [-0.25, -0.2) is 0 Å². The van der Waals surface area contributed by atoms with Crippen LogP contribution in [0, 0.1) is 11.8 Å². The normalized spacial score (nSPS) is 26.4. The summed E-state index contributed by atoms with van der Waals surface area (Å²) in [5.41, 5.74) is 0. The van der Waals surface area contributed by atoms with Gasteiger partial charge in [-0.3, -0.25) is 4.79 Å². The van der Waals surface area contributed by atoms with Crippen molar-refractivity contribution in [2.75, 3.05) is 19.6 Å². The summed E-state index contributed by atoms with van der Waals surface area (Å²) >= 11 is 0. The summed E-state index contributed by atoms with van der Waals surface area (Å²) < 4.78 is 0. The third-order valence-electron chi connectivity index (χ3n) is 3.92. The molecule has 0 spiro atoms. The zero-order valence-electron chi connectivity index (χ0n) is 11.2. The lowest BCUT2D eigenvalue weighted by atomic mass is 9.79. The summed E-state index contributed by atoms with van der Waals surface area (Å²) in [6, 6.07) is 0. The molecule has 2 heteroatoms. The summed E-state index contributed by atoms with van der Waals surface area (Å²) in [6.07, 6.45) is 5.52. The van der Waals surface area contributed by atoms with Crippen molar-refractivity contribution < 1.29 is 4.79 Å². The molecule has 0 radical (unpaired) electrons. The van der Waals surface area contributed by atoms with Gasteiger partial charge in [0.15, 0.2) is 0 Å². The first-order chi connectivity index (χ1) is 7.71. The molecular weight excluding hydrogens is 198 g/mol. The van der Waals surface area contributed by atoms with Crippen molar-refractivity contribution in [3.05, 3.63) is 0 Å². The second-order valence-electron chi connectivity index (χ2n) is 5.11. The molecule has 1 saturated carbocycles. The molecule has 1 aliphatic rings. The molecule has 0 bridgehead atoms. The molecule has 0 saturated heterocycles. The summed E-state index contributed by atoms with van der Waals surface area (Å²) in [5.74, 6) is 1.63. The number of carbonyl (C=O) groups excluding carboxylic acids is 1. The molecule has 1 rings (SSSR count). The number of hydrogen-bond donors (Lipinski definition) is 0. The minimum absolute atomic E-state index is 0.324. The van der Waals surface area contributed by atoms with Gasteiger partial charge in [-0.1, -0.05) is 27.2 Å². The maximum Gasteiger partial charge on any atom is 0.137 e. The second-order valence-corrected chi connectivity index (χ2v) is 5.11. The Hall–Kier alpha value is -0.370. The number of hydrogen-bond acceptors (Lipinski definition) is 2. The molecule has 94 valence electrons. The highest BCUT2D eigenvalue weighted by atomic mass is 16.1. The van der Waals surface area contributed by atoms with E-state index >= 15 is 0 Å². The van der Waals surface area contributed by atoms with Gasteiger partial charge in [0, 0.05) is 18.9 Å². The number of nitrogens with zero attached hydrogens (tertiary/aromatic N) is 1. The van der Waals surface area contributed by atoms with E-state index in [1.807, 2.05) is 0 Å². The molecule has 0 aromatic carbocycles. The molecule has 0 amide bonds. The second kappa shape index (κ2) is 7.05. The maximum absolute atomic E-state index is 11.9. The Bertz CT molecular complexity index is 215. The molecule has 2 nitrogen and oxygen atoms in total. The fraction of sp³-hybridized carbons (Fsp3) is 0.929. The lowest BCUT2D eigenvalue weighted by Crippen LogP contribution is -2.37. The van der Waals surface area contributed by atoms with Crippen LogP contribution < -0.4 is 0 Å². The van der Waals surface area contributed by atoms with Gasteiger partial charge in [-0.05, 0) is 38.3 Å². The highest BCUT2D eigenvalue weighted by Crippen LogP contribution is 2.29. The Morgan fingerprint density at radius 3 is 2.62 bits per heavy atom. The predicted molar refractivity (Wildman–Crippen MR) is 68.5 cm³/mol. The predicted octanol–water partition coefficient (Wildman–Crippen LogP) is 3.11. The zero-order chi connectivity index (χ0) is 12.0. The van der Waals surface area contributed by atoms with Crippen LogP contribution in [0.4, 0.5) is 0 Å². The Labute approximate surface area is 100 Å². The van der Waals surface area contributed by atoms with Gasteiger partial charge in [-0.2, -0.15) is 0 Å². The molecule has 0 aromatic heterocycles.